The minimum atomic E-state index is -0.557. The average Bonchev–Trinajstić information content (AvgIpc) is 3.35. The van der Waals surface area contributed by atoms with Crippen molar-refractivity contribution >= 4 is 17.2 Å². The first-order valence-electron chi connectivity index (χ1n) is 8.34. The zero-order valence-corrected chi connectivity index (χ0v) is 14.9. The Balaban J connectivity index is 1.55. The van der Waals surface area contributed by atoms with Crippen molar-refractivity contribution in [1.29, 1.82) is 0 Å². The molecule has 4 heterocycles. The number of rotatable bonds is 3. The largest absolute Gasteiger partial charge is 0.346 e. The van der Waals surface area contributed by atoms with Gasteiger partial charge in [-0.05, 0) is 31.4 Å². The fourth-order valence-corrected chi connectivity index (χ4v) is 4.34. The zero-order chi connectivity index (χ0) is 16.7. The van der Waals surface area contributed by atoms with Gasteiger partial charge < -0.3 is 18.9 Å². The number of aromatic nitrogens is 1. The highest BCUT2D eigenvalue weighted by Crippen LogP contribution is 2.32. The van der Waals surface area contributed by atoms with Gasteiger partial charge in [-0.15, -0.1) is 11.3 Å². The van der Waals surface area contributed by atoms with Crippen LogP contribution in [0.25, 0.3) is 0 Å². The molecule has 1 amide bonds. The summed E-state index contributed by atoms with van der Waals surface area (Å²) in [5, 5.41) is 2.08. The summed E-state index contributed by atoms with van der Waals surface area (Å²) in [5.74, 6) is -0.477. The lowest BCUT2D eigenvalue weighted by Crippen LogP contribution is -2.37. The van der Waals surface area contributed by atoms with Crippen molar-refractivity contribution < 1.29 is 14.3 Å². The van der Waals surface area contributed by atoms with Crippen molar-refractivity contribution in [3.05, 3.63) is 45.4 Å². The predicted octanol–water partition coefficient (Wildman–Crippen LogP) is 2.80. The van der Waals surface area contributed by atoms with Crippen LogP contribution in [0, 0.1) is 13.8 Å². The summed E-state index contributed by atoms with van der Waals surface area (Å²) in [6.45, 7) is 7.37. The maximum Gasteiger partial charge on any atom is 0.255 e. The number of hydrogen-bond acceptors (Lipinski definition) is 4. The van der Waals surface area contributed by atoms with Gasteiger partial charge in [-0.3, -0.25) is 4.79 Å². The van der Waals surface area contributed by atoms with Crippen LogP contribution in [0.5, 0.6) is 0 Å². The van der Waals surface area contributed by atoms with E-state index in [1.54, 1.807) is 11.3 Å². The maximum atomic E-state index is 13.0. The molecule has 4 rings (SSSR count). The molecule has 0 radical (unpaired) electrons. The number of carbonyl (C=O) groups is 1. The number of amides is 1. The molecule has 2 aliphatic rings. The van der Waals surface area contributed by atoms with E-state index in [9.17, 15) is 4.79 Å². The van der Waals surface area contributed by atoms with Crippen molar-refractivity contribution in [2.45, 2.75) is 32.6 Å². The van der Waals surface area contributed by atoms with Gasteiger partial charge in [-0.25, -0.2) is 0 Å². The Morgan fingerprint density at radius 2 is 2.12 bits per heavy atom. The van der Waals surface area contributed by atoms with Crippen LogP contribution in [-0.2, 0) is 16.0 Å². The second kappa shape index (κ2) is 6.02. The second-order valence-electron chi connectivity index (χ2n) is 6.53. The molecular weight excluding hydrogens is 324 g/mol. The third-order valence-corrected chi connectivity index (χ3v) is 5.85. The first kappa shape index (κ1) is 15.9. The quantitative estimate of drug-likeness (QED) is 0.858. The summed E-state index contributed by atoms with van der Waals surface area (Å²) < 4.78 is 13.7. The van der Waals surface area contributed by atoms with E-state index < -0.39 is 5.79 Å². The van der Waals surface area contributed by atoms with Crippen molar-refractivity contribution in [2.24, 2.45) is 0 Å². The highest BCUT2D eigenvalue weighted by Gasteiger charge is 2.45. The lowest BCUT2D eigenvalue weighted by atomic mass is 10.2. The number of likely N-dealkylation sites (tertiary alicyclic amines) is 1. The molecule has 2 saturated heterocycles. The van der Waals surface area contributed by atoms with Crippen LogP contribution in [-0.4, -0.2) is 47.5 Å². The van der Waals surface area contributed by atoms with Crippen molar-refractivity contribution in [3.8, 4) is 0 Å². The first-order valence-corrected chi connectivity index (χ1v) is 9.22. The number of carbonyl (C=O) groups excluding carboxylic acids is 1. The Kier molecular flexibility index (Phi) is 3.98. The van der Waals surface area contributed by atoms with Crippen molar-refractivity contribution in [3.63, 3.8) is 0 Å². The van der Waals surface area contributed by atoms with E-state index >= 15 is 0 Å². The fourth-order valence-electron chi connectivity index (χ4n) is 3.65. The van der Waals surface area contributed by atoms with Crippen LogP contribution in [0.4, 0.5) is 0 Å². The SMILES string of the molecule is Cc1cc(C(=O)N2CCC3(C2)OCCO3)c(C)n1Cc1cccs1. The molecular formula is C18H22N2O3S. The fraction of sp³-hybridized carbons (Fsp3) is 0.500. The summed E-state index contributed by atoms with van der Waals surface area (Å²) in [6, 6.07) is 6.20. The van der Waals surface area contributed by atoms with Gasteiger partial charge in [0.1, 0.15) is 0 Å². The van der Waals surface area contributed by atoms with Crippen LogP contribution >= 0.6 is 11.3 Å². The van der Waals surface area contributed by atoms with Crippen LogP contribution in [0.1, 0.15) is 33.0 Å². The highest BCUT2D eigenvalue weighted by molar-refractivity contribution is 7.09. The third-order valence-electron chi connectivity index (χ3n) is 4.99. The lowest BCUT2D eigenvalue weighted by molar-refractivity contribution is -0.143. The molecule has 0 aliphatic carbocycles. The number of ether oxygens (including phenoxy) is 2. The second-order valence-corrected chi connectivity index (χ2v) is 7.57. The summed E-state index contributed by atoms with van der Waals surface area (Å²) in [4.78, 5) is 16.1. The van der Waals surface area contributed by atoms with Gasteiger partial charge in [0.05, 0.1) is 31.9 Å². The van der Waals surface area contributed by atoms with Crippen LogP contribution in [0.15, 0.2) is 23.6 Å². The first-order chi connectivity index (χ1) is 11.6. The van der Waals surface area contributed by atoms with E-state index in [0.717, 1.165) is 29.9 Å². The molecule has 2 aromatic rings. The maximum absolute atomic E-state index is 13.0. The summed E-state index contributed by atoms with van der Waals surface area (Å²) in [7, 11) is 0. The molecule has 1 spiro atoms. The number of aryl methyl sites for hydroxylation is 1. The van der Waals surface area contributed by atoms with Crippen molar-refractivity contribution in [1.82, 2.24) is 9.47 Å². The Labute approximate surface area is 145 Å². The van der Waals surface area contributed by atoms with E-state index in [1.807, 2.05) is 17.9 Å². The van der Waals surface area contributed by atoms with Crippen LogP contribution in [0.3, 0.4) is 0 Å². The summed E-state index contributed by atoms with van der Waals surface area (Å²) in [5.41, 5.74) is 2.94. The van der Waals surface area contributed by atoms with Gasteiger partial charge in [0.2, 0.25) is 0 Å². The summed E-state index contributed by atoms with van der Waals surface area (Å²) in [6.07, 6.45) is 0.757. The van der Waals surface area contributed by atoms with Gasteiger partial charge in [-0.2, -0.15) is 0 Å². The minimum Gasteiger partial charge on any atom is -0.346 e. The van der Waals surface area contributed by atoms with E-state index in [0.29, 0.717) is 26.3 Å². The van der Waals surface area contributed by atoms with E-state index in [2.05, 4.69) is 29.0 Å². The molecule has 2 aromatic heterocycles. The minimum absolute atomic E-state index is 0.0801. The molecule has 128 valence electrons. The van der Waals surface area contributed by atoms with E-state index in [1.165, 1.54) is 4.88 Å². The summed E-state index contributed by atoms with van der Waals surface area (Å²) >= 11 is 1.74. The molecule has 0 saturated carbocycles. The Morgan fingerprint density at radius 3 is 2.83 bits per heavy atom. The number of hydrogen-bond donors (Lipinski definition) is 0. The van der Waals surface area contributed by atoms with Gasteiger partial charge in [0.25, 0.3) is 5.91 Å². The Hall–Kier alpha value is -1.63. The van der Waals surface area contributed by atoms with Crippen LogP contribution in [0.2, 0.25) is 0 Å². The molecule has 0 aromatic carbocycles. The standard InChI is InChI=1S/C18H22N2O3S/c1-13-10-16(14(2)20(13)11-15-4-3-9-24-15)17(21)19-6-5-18(12-19)22-7-8-23-18/h3-4,9-10H,5-8,11-12H2,1-2H3. The van der Waals surface area contributed by atoms with E-state index in [-0.39, 0.29) is 5.91 Å². The van der Waals surface area contributed by atoms with Gasteiger partial charge in [0.15, 0.2) is 5.79 Å². The molecule has 5 nitrogen and oxygen atoms in total. The Morgan fingerprint density at radius 1 is 1.33 bits per heavy atom. The molecule has 2 fully saturated rings. The molecule has 0 atom stereocenters. The molecule has 0 bridgehead atoms. The number of nitrogens with zero attached hydrogens (tertiary/aromatic N) is 2. The van der Waals surface area contributed by atoms with Crippen molar-refractivity contribution in [2.75, 3.05) is 26.3 Å². The number of thiophene rings is 1. The Bertz CT molecular complexity index is 745. The zero-order valence-electron chi connectivity index (χ0n) is 14.1. The molecule has 0 unspecified atom stereocenters. The molecule has 2 aliphatic heterocycles. The smallest absolute Gasteiger partial charge is 0.255 e. The highest BCUT2D eigenvalue weighted by atomic mass is 32.1. The normalized spacial score (nSPS) is 19.5. The van der Waals surface area contributed by atoms with E-state index in [4.69, 9.17) is 9.47 Å². The molecule has 0 N–H and O–H groups in total. The van der Waals surface area contributed by atoms with Gasteiger partial charge >= 0.3 is 0 Å². The monoisotopic (exact) mass is 346 g/mol. The predicted molar refractivity (Wildman–Crippen MR) is 92.5 cm³/mol. The lowest BCUT2D eigenvalue weighted by Gasteiger charge is -2.22. The molecule has 24 heavy (non-hydrogen) atoms. The third kappa shape index (κ3) is 2.68. The van der Waals surface area contributed by atoms with Gasteiger partial charge in [0, 0.05) is 29.2 Å². The topological polar surface area (TPSA) is 43.7 Å². The van der Waals surface area contributed by atoms with Crippen LogP contribution < -0.4 is 0 Å². The average molecular weight is 346 g/mol. The molecule has 6 heteroatoms. The van der Waals surface area contributed by atoms with Gasteiger partial charge in [-0.1, -0.05) is 6.07 Å².